The molecule has 0 bridgehead atoms. The molecule has 0 spiro atoms. The van der Waals surface area contributed by atoms with Crippen LogP contribution >= 0.6 is 0 Å². The van der Waals surface area contributed by atoms with E-state index in [-0.39, 0.29) is 17.9 Å². The Balaban J connectivity index is 2.69. The van der Waals surface area contributed by atoms with E-state index >= 15 is 0 Å². The third kappa shape index (κ3) is 4.99. The molecule has 1 N–H and O–H groups in total. The molecule has 1 amide bonds. The van der Waals surface area contributed by atoms with Crippen molar-refractivity contribution in [1.82, 2.24) is 15.2 Å². The maximum Gasteiger partial charge on any atom is 0.227 e. The maximum atomic E-state index is 12.5. The number of aromatic nitrogens is 1. The summed E-state index contributed by atoms with van der Waals surface area (Å²) < 4.78 is 0. The van der Waals surface area contributed by atoms with Crippen LogP contribution in [0.25, 0.3) is 0 Å². The van der Waals surface area contributed by atoms with Crippen LogP contribution in [-0.2, 0) is 11.3 Å². The Hall–Kier alpha value is -1.42. The topological polar surface area (TPSA) is 45.2 Å². The maximum absolute atomic E-state index is 12.5. The van der Waals surface area contributed by atoms with Gasteiger partial charge in [-0.3, -0.25) is 9.78 Å². The number of hydrogen-bond acceptors (Lipinski definition) is 3. The molecule has 4 heteroatoms. The molecule has 106 valence electrons. The van der Waals surface area contributed by atoms with Gasteiger partial charge in [0.15, 0.2) is 0 Å². The van der Waals surface area contributed by atoms with Crippen molar-refractivity contribution < 1.29 is 4.79 Å². The highest BCUT2D eigenvalue weighted by Gasteiger charge is 2.22. The third-order valence-electron chi connectivity index (χ3n) is 3.09. The lowest BCUT2D eigenvalue weighted by Crippen LogP contribution is -2.42. The summed E-state index contributed by atoms with van der Waals surface area (Å²) in [6.45, 7) is 10.3. The first-order chi connectivity index (χ1) is 9.06. The van der Waals surface area contributed by atoms with Gasteiger partial charge in [0, 0.05) is 24.7 Å². The van der Waals surface area contributed by atoms with Crippen LogP contribution in [0.15, 0.2) is 24.4 Å². The summed E-state index contributed by atoms with van der Waals surface area (Å²) in [5, 5.41) is 3.22. The highest BCUT2D eigenvalue weighted by atomic mass is 16.2. The largest absolute Gasteiger partial charge is 0.334 e. The SMILES string of the molecule is CCNCC(C)C(=O)N(Cc1ccccn1)C(C)C. The van der Waals surface area contributed by atoms with Crippen molar-refractivity contribution in [3.05, 3.63) is 30.1 Å². The zero-order valence-electron chi connectivity index (χ0n) is 12.4. The molecule has 1 aromatic heterocycles. The summed E-state index contributed by atoms with van der Waals surface area (Å²) in [4.78, 5) is 18.6. The summed E-state index contributed by atoms with van der Waals surface area (Å²) in [6.07, 6.45) is 1.76. The molecule has 0 saturated carbocycles. The van der Waals surface area contributed by atoms with E-state index in [2.05, 4.69) is 10.3 Å². The molecular formula is C15H25N3O. The Bertz CT molecular complexity index is 378. The van der Waals surface area contributed by atoms with Crippen LogP contribution in [-0.4, -0.2) is 34.9 Å². The minimum absolute atomic E-state index is 0.00828. The molecule has 0 radical (unpaired) electrons. The van der Waals surface area contributed by atoms with E-state index < -0.39 is 0 Å². The fourth-order valence-electron chi connectivity index (χ4n) is 1.91. The van der Waals surface area contributed by atoms with Gasteiger partial charge in [0.05, 0.1) is 12.2 Å². The number of nitrogens with one attached hydrogen (secondary N) is 1. The van der Waals surface area contributed by atoms with Crippen molar-refractivity contribution in [3.8, 4) is 0 Å². The van der Waals surface area contributed by atoms with Crippen LogP contribution < -0.4 is 5.32 Å². The lowest BCUT2D eigenvalue weighted by atomic mass is 10.1. The van der Waals surface area contributed by atoms with Crippen molar-refractivity contribution in [2.24, 2.45) is 5.92 Å². The molecule has 1 heterocycles. The van der Waals surface area contributed by atoms with Gasteiger partial charge in [-0.15, -0.1) is 0 Å². The van der Waals surface area contributed by atoms with Crippen molar-refractivity contribution in [2.45, 2.75) is 40.3 Å². The number of amides is 1. The Morgan fingerprint density at radius 3 is 2.63 bits per heavy atom. The second kappa shape index (κ2) is 7.89. The first kappa shape index (κ1) is 15.6. The van der Waals surface area contributed by atoms with E-state index in [1.807, 2.05) is 50.8 Å². The van der Waals surface area contributed by atoms with E-state index in [0.29, 0.717) is 6.54 Å². The lowest BCUT2D eigenvalue weighted by Gasteiger charge is -2.29. The van der Waals surface area contributed by atoms with Gasteiger partial charge in [-0.2, -0.15) is 0 Å². The lowest BCUT2D eigenvalue weighted by molar-refractivity contribution is -0.137. The molecule has 1 unspecified atom stereocenters. The van der Waals surface area contributed by atoms with Crippen molar-refractivity contribution in [3.63, 3.8) is 0 Å². The van der Waals surface area contributed by atoms with Gasteiger partial charge in [0.2, 0.25) is 5.91 Å². The van der Waals surface area contributed by atoms with Gasteiger partial charge in [-0.1, -0.05) is 19.9 Å². The molecular weight excluding hydrogens is 238 g/mol. The summed E-state index contributed by atoms with van der Waals surface area (Å²) in [5.74, 6) is 0.174. The fourth-order valence-corrected chi connectivity index (χ4v) is 1.91. The number of rotatable bonds is 7. The third-order valence-corrected chi connectivity index (χ3v) is 3.09. The van der Waals surface area contributed by atoms with Crippen LogP contribution in [0.2, 0.25) is 0 Å². The molecule has 0 fully saturated rings. The smallest absolute Gasteiger partial charge is 0.227 e. The van der Waals surface area contributed by atoms with E-state index in [0.717, 1.165) is 18.8 Å². The van der Waals surface area contributed by atoms with Gasteiger partial charge in [0.25, 0.3) is 0 Å². The number of carbonyl (C=O) groups is 1. The van der Waals surface area contributed by atoms with Crippen LogP contribution in [0.5, 0.6) is 0 Å². The number of pyridine rings is 1. The summed E-state index contributed by atoms with van der Waals surface area (Å²) in [7, 11) is 0. The molecule has 0 saturated heterocycles. The first-order valence-electron chi connectivity index (χ1n) is 6.97. The van der Waals surface area contributed by atoms with Crippen LogP contribution in [0.1, 0.15) is 33.4 Å². The molecule has 1 rings (SSSR count). The van der Waals surface area contributed by atoms with E-state index in [1.54, 1.807) is 6.20 Å². The van der Waals surface area contributed by atoms with E-state index in [4.69, 9.17) is 0 Å². The second-order valence-electron chi connectivity index (χ2n) is 5.09. The highest BCUT2D eigenvalue weighted by Crippen LogP contribution is 2.11. The molecule has 1 atom stereocenters. The van der Waals surface area contributed by atoms with E-state index in [9.17, 15) is 4.79 Å². The quantitative estimate of drug-likeness (QED) is 0.819. The number of carbonyl (C=O) groups excluding carboxylic acids is 1. The predicted molar refractivity (Wildman–Crippen MR) is 77.6 cm³/mol. The van der Waals surface area contributed by atoms with Crippen molar-refractivity contribution >= 4 is 5.91 Å². The highest BCUT2D eigenvalue weighted by molar-refractivity contribution is 5.79. The van der Waals surface area contributed by atoms with Crippen LogP contribution in [0.3, 0.4) is 0 Å². The molecule has 0 aromatic carbocycles. The van der Waals surface area contributed by atoms with Crippen molar-refractivity contribution in [1.29, 1.82) is 0 Å². The summed E-state index contributed by atoms with van der Waals surface area (Å²) in [5.41, 5.74) is 0.931. The second-order valence-corrected chi connectivity index (χ2v) is 5.09. The Kier molecular flexibility index (Phi) is 6.50. The van der Waals surface area contributed by atoms with Gasteiger partial charge in [-0.05, 0) is 32.5 Å². The first-order valence-corrected chi connectivity index (χ1v) is 6.97. The number of hydrogen-bond donors (Lipinski definition) is 1. The minimum atomic E-state index is -0.00828. The molecule has 4 nitrogen and oxygen atoms in total. The monoisotopic (exact) mass is 263 g/mol. The Morgan fingerprint density at radius 1 is 1.37 bits per heavy atom. The summed E-state index contributed by atoms with van der Waals surface area (Å²) >= 11 is 0. The van der Waals surface area contributed by atoms with Crippen LogP contribution in [0.4, 0.5) is 0 Å². The molecule has 19 heavy (non-hydrogen) atoms. The molecule has 1 aromatic rings. The molecule has 0 aliphatic carbocycles. The van der Waals surface area contributed by atoms with E-state index in [1.165, 1.54) is 0 Å². The molecule has 0 aliphatic rings. The average molecular weight is 263 g/mol. The minimum Gasteiger partial charge on any atom is -0.334 e. The van der Waals surface area contributed by atoms with Crippen LogP contribution in [0, 0.1) is 5.92 Å². The molecule has 0 aliphatic heterocycles. The van der Waals surface area contributed by atoms with Gasteiger partial charge >= 0.3 is 0 Å². The average Bonchev–Trinajstić information content (AvgIpc) is 2.42. The van der Waals surface area contributed by atoms with Gasteiger partial charge in [0.1, 0.15) is 0 Å². The normalized spacial score (nSPS) is 12.5. The zero-order valence-corrected chi connectivity index (χ0v) is 12.4. The van der Waals surface area contributed by atoms with Crippen molar-refractivity contribution in [2.75, 3.05) is 13.1 Å². The zero-order chi connectivity index (χ0) is 14.3. The fraction of sp³-hybridized carbons (Fsp3) is 0.600. The number of nitrogens with zero attached hydrogens (tertiary/aromatic N) is 2. The Morgan fingerprint density at radius 2 is 2.11 bits per heavy atom. The van der Waals surface area contributed by atoms with Gasteiger partial charge < -0.3 is 10.2 Å². The standard InChI is InChI=1S/C15H25N3O/c1-5-16-10-13(4)15(19)18(12(2)3)11-14-8-6-7-9-17-14/h6-9,12-13,16H,5,10-11H2,1-4H3. The van der Waals surface area contributed by atoms with Gasteiger partial charge in [-0.25, -0.2) is 0 Å². The predicted octanol–water partition coefficient (Wildman–Crippen LogP) is 2.06. The summed E-state index contributed by atoms with van der Waals surface area (Å²) in [6, 6.07) is 5.97. The Labute approximate surface area is 116 Å².